The van der Waals surface area contributed by atoms with E-state index in [4.69, 9.17) is 9.47 Å². The molecule has 9 heteroatoms. The van der Waals surface area contributed by atoms with Crippen LogP contribution < -0.4 is 0 Å². The molecule has 0 aliphatic heterocycles. The van der Waals surface area contributed by atoms with E-state index in [-0.39, 0.29) is 6.61 Å². The Hall–Kier alpha value is -0.380. The zero-order valence-electron chi connectivity index (χ0n) is 32.1. The van der Waals surface area contributed by atoms with Gasteiger partial charge in [0, 0.05) is 13.2 Å². The number of alkyl halides is 3. The van der Waals surface area contributed by atoms with Crippen molar-refractivity contribution < 1.29 is 35.2 Å². The topological polar surface area (TPSA) is 61.8 Å². The average Bonchev–Trinajstić information content (AvgIpc) is 3.07. The van der Waals surface area contributed by atoms with Gasteiger partial charge in [-0.15, -0.1) is 0 Å². The molecule has 0 fully saturated rings. The Bertz CT molecular complexity index is 764. The zero-order valence-corrected chi connectivity index (χ0v) is 32.9. The predicted octanol–water partition coefficient (Wildman–Crippen LogP) is 13.8. The maximum atomic E-state index is 12.7. The lowest BCUT2D eigenvalue weighted by Gasteiger charge is -2.18. The Kier molecular flexibility index (Phi) is 35.7. The molecule has 0 aliphatic rings. The van der Waals surface area contributed by atoms with Crippen molar-refractivity contribution >= 4 is 10.1 Å². The van der Waals surface area contributed by atoms with Crippen molar-refractivity contribution in [1.82, 2.24) is 0 Å². The minimum Gasteiger partial charge on any atom is -0.379 e. The summed E-state index contributed by atoms with van der Waals surface area (Å²) in [7, 11) is -5.65. The van der Waals surface area contributed by atoms with Crippen LogP contribution in [0.15, 0.2) is 0 Å². The standard InChI is InChI=1S/C40H79F3O5S/c1-3-5-7-9-11-13-15-17-19-21-23-25-27-29-31-33-35-46-37-39(38-48-49(44,45)40(41,42)43)47-36-34-32-30-28-26-24-22-20-18-16-14-12-10-8-6-4-2/h39H,3-38H2,1-2H3/t39-/m1/s1. The van der Waals surface area contributed by atoms with E-state index in [9.17, 15) is 21.6 Å². The van der Waals surface area contributed by atoms with Crippen molar-refractivity contribution in [3.63, 3.8) is 0 Å². The molecule has 0 bridgehead atoms. The molecule has 296 valence electrons. The highest BCUT2D eigenvalue weighted by atomic mass is 32.2. The Balaban J connectivity index is 3.89. The highest BCUT2D eigenvalue weighted by Crippen LogP contribution is 2.25. The van der Waals surface area contributed by atoms with Crippen molar-refractivity contribution in [1.29, 1.82) is 0 Å². The Morgan fingerprint density at radius 1 is 0.429 bits per heavy atom. The summed E-state index contributed by atoms with van der Waals surface area (Å²) < 4.78 is 76.7. The third-order valence-electron chi connectivity index (χ3n) is 9.49. The smallest absolute Gasteiger partial charge is 0.379 e. The van der Waals surface area contributed by atoms with E-state index < -0.39 is 28.3 Å². The average molecular weight is 729 g/mol. The molecule has 0 N–H and O–H groups in total. The lowest BCUT2D eigenvalue weighted by molar-refractivity contribution is -0.0662. The largest absolute Gasteiger partial charge is 0.523 e. The number of unbranched alkanes of at least 4 members (excludes halogenated alkanes) is 30. The van der Waals surface area contributed by atoms with E-state index in [0.717, 1.165) is 38.5 Å². The SMILES string of the molecule is CCCCCCCCCCCCCCCCCCOC[C@H](COS(=O)(=O)C(F)(F)F)OCCCCCCCCCCCCCCCCCC. The summed E-state index contributed by atoms with van der Waals surface area (Å²) in [6, 6.07) is 0. The molecular formula is C40H79F3O5S. The summed E-state index contributed by atoms with van der Waals surface area (Å²) >= 11 is 0. The number of hydrogen-bond donors (Lipinski definition) is 0. The first kappa shape index (κ1) is 48.6. The molecule has 0 aliphatic carbocycles. The van der Waals surface area contributed by atoms with Crippen LogP contribution in [-0.2, 0) is 23.8 Å². The Morgan fingerprint density at radius 2 is 0.714 bits per heavy atom. The van der Waals surface area contributed by atoms with Crippen LogP contribution in [-0.4, -0.2) is 46.5 Å². The van der Waals surface area contributed by atoms with Gasteiger partial charge < -0.3 is 9.47 Å². The first-order valence-corrected chi connectivity index (χ1v) is 22.3. The molecule has 5 nitrogen and oxygen atoms in total. The third-order valence-corrected chi connectivity index (χ3v) is 10.5. The van der Waals surface area contributed by atoms with Gasteiger partial charge in [-0.05, 0) is 12.8 Å². The van der Waals surface area contributed by atoms with Crippen LogP contribution in [0.5, 0.6) is 0 Å². The fourth-order valence-corrected chi connectivity index (χ4v) is 6.71. The van der Waals surface area contributed by atoms with Crippen LogP contribution in [0.1, 0.15) is 219 Å². The van der Waals surface area contributed by atoms with Gasteiger partial charge in [0.15, 0.2) is 0 Å². The third kappa shape index (κ3) is 34.5. The minimum atomic E-state index is -5.65. The van der Waals surface area contributed by atoms with Gasteiger partial charge in [0.25, 0.3) is 0 Å². The molecule has 0 aromatic carbocycles. The lowest BCUT2D eigenvalue weighted by Crippen LogP contribution is -2.32. The fourth-order valence-electron chi connectivity index (χ4n) is 6.24. The molecule has 0 aromatic rings. The van der Waals surface area contributed by atoms with E-state index in [1.807, 2.05) is 0 Å². The van der Waals surface area contributed by atoms with Crippen LogP contribution in [0, 0.1) is 0 Å². The van der Waals surface area contributed by atoms with Crippen molar-refractivity contribution in [2.45, 2.75) is 231 Å². The maximum absolute atomic E-state index is 12.7. The Morgan fingerprint density at radius 3 is 1.02 bits per heavy atom. The van der Waals surface area contributed by atoms with Gasteiger partial charge in [0.1, 0.15) is 6.10 Å². The molecule has 0 rings (SSSR count). The van der Waals surface area contributed by atoms with Gasteiger partial charge in [-0.1, -0.05) is 206 Å². The van der Waals surface area contributed by atoms with Crippen LogP contribution in [0.2, 0.25) is 0 Å². The van der Waals surface area contributed by atoms with Crippen LogP contribution in [0.4, 0.5) is 13.2 Å². The van der Waals surface area contributed by atoms with E-state index in [0.29, 0.717) is 13.2 Å². The minimum absolute atomic E-state index is 0.0188. The molecule has 0 unspecified atom stereocenters. The highest BCUT2D eigenvalue weighted by Gasteiger charge is 2.47. The molecule has 1 atom stereocenters. The van der Waals surface area contributed by atoms with Crippen molar-refractivity contribution in [3.05, 3.63) is 0 Å². The van der Waals surface area contributed by atoms with Crippen molar-refractivity contribution in [2.24, 2.45) is 0 Å². The highest BCUT2D eigenvalue weighted by molar-refractivity contribution is 7.87. The zero-order chi connectivity index (χ0) is 36.2. The summed E-state index contributed by atoms with van der Waals surface area (Å²) in [6.45, 7) is 4.66. The number of halogens is 3. The van der Waals surface area contributed by atoms with Crippen LogP contribution >= 0.6 is 0 Å². The number of ether oxygens (including phenoxy) is 2. The molecule has 0 radical (unpaired) electrons. The second kappa shape index (κ2) is 36.0. The van der Waals surface area contributed by atoms with E-state index >= 15 is 0 Å². The normalized spacial score (nSPS) is 13.0. The maximum Gasteiger partial charge on any atom is 0.523 e. The summed E-state index contributed by atoms with van der Waals surface area (Å²) in [5.41, 5.74) is -5.44. The van der Waals surface area contributed by atoms with Gasteiger partial charge in [0.05, 0.1) is 13.2 Å². The molecule has 0 spiro atoms. The van der Waals surface area contributed by atoms with E-state index in [1.165, 1.54) is 167 Å². The molecule has 49 heavy (non-hydrogen) atoms. The second-order valence-corrected chi connectivity index (χ2v) is 16.0. The Labute approximate surface area is 302 Å². The molecular weight excluding hydrogens is 649 g/mol. The van der Waals surface area contributed by atoms with Gasteiger partial charge >= 0.3 is 15.6 Å². The fraction of sp³-hybridized carbons (Fsp3) is 1.00. The first-order valence-electron chi connectivity index (χ1n) is 20.9. The molecule has 0 amide bonds. The number of hydrogen-bond acceptors (Lipinski definition) is 5. The van der Waals surface area contributed by atoms with Gasteiger partial charge in [-0.25, -0.2) is 0 Å². The van der Waals surface area contributed by atoms with Gasteiger partial charge in [0.2, 0.25) is 0 Å². The quantitative estimate of drug-likeness (QED) is 0.0357. The summed E-state index contributed by atoms with van der Waals surface area (Å²) in [4.78, 5) is 0. The van der Waals surface area contributed by atoms with Gasteiger partial charge in [-0.2, -0.15) is 21.6 Å². The van der Waals surface area contributed by atoms with Crippen LogP contribution in [0.3, 0.4) is 0 Å². The van der Waals surface area contributed by atoms with Crippen molar-refractivity contribution in [2.75, 3.05) is 26.4 Å². The van der Waals surface area contributed by atoms with E-state index in [1.54, 1.807) is 0 Å². The summed E-state index contributed by atoms with van der Waals surface area (Å²) in [5, 5.41) is 0. The molecule has 0 saturated carbocycles. The second-order valence-electron chi connectivity index (χ2n) is 14.4. The summed E-state index contributed by atoms with van der Waals surface area (Å²) in [6.07, 6.45) is 39.8. The number of rotatable bonds is 40. The van der Waals surface area contributed by atoms with Crippen LogP contribution in [0.25, 0.3) is 0 Å². The van der Waals surface area contributed by atoms with E-state index in [2.05, 4.69) is 18.0 Å². The summed E-state index contributed by atoms with van der Waals surface area (Å²) in [5.74, 6) is 0. The molecule has 0 aromatic heterocycles. The molecule has 0 saturated heterocycles. The first-order chi connectivity index (χ1) is 23.7. The monoisotopic (exact) mass is 729 g/mol. The van der Waals surface area contributed by atoms with Crippen molar-refractivity contribution in [3.8, 4) is 0 Å². The van der Waals surface area contributed by atoms with Gasteiger partial charge in [-0.3, -0.25) is 4.18 Å². The lowest BCUT2D eigenvalue weighted by atomic mass is 10.0. The molecule has 0 heterocycles. The predicted molar refractivity (Wildman–Crippen MR) is 201 cm³/mol.